The third kappa shape index (κ3) is 4.66. The molecule has 138 valence electrons. The average Bonchev–Trinajstić information content (AvgIpc) is 2.96. The van der Waals surface area contributed by atoms with E-state index in [1.54, 1.807) is 12.1 Å². The monoisotopic (exact) mass is 505 g/mol. The molecule has 1 N–H and O–H groups in total. The van der Waals surface area contributed by atoms with Gasteiger partial charge in [0, 0.05) is 25.9 Å². The van der Waals surface area contributed by atoms with E-state index in [4.69, 9.17) is 0 Å². The second-order valence-corrected chi connectivity index (χ2v) is 8.77. The fourth-order valence-corrected chi connectivity index (χ4v) is 4.30. The number of amides is 1. The number of thiazole rings is 1. The maximum Gasteiger partial charge on any atom is 0.271 e. The van der Waals surface area contributed by atoms with E-state index >= 15 is 0 Å². The molecule has 0 fully saturated rings. The summed E-state index contributed by atoms with van der Waals surface area (Å²) in [5.74, 6) is -0.252. The van der Waals surface area contributed by atoms with Crippen molar-refractivity contribution in [2.24, 2.45) is 5.10 Å². The van der Waals surface area contributed by atoms with E-state index in [1.807, 2.05) is 30.3 Å². The second kappa shape index (κ2) is 8.82. The number of hydrogen-bond acceptors (Lipinski definition) is 3. The van der Waals surface area contributed by atoms with Gasteiger partial charge in [-0.3, -0.25) is 4.79 Å². The number of aromatic nitrogens is 1. The highest BCUT2D eigenvalue weighted by molar-refractivity contribution is 9.10. The number of nitrogens with zero attached hydrogens (tertiary/aromatic N) is 2. The first-order valence-corrected chi connectivity index (χ1v) is 10.6. The number of allylic oxidation sites excluding steroid dienone is 1. The Morgan fingerprint density at radius 1 is 1.22 bits per heavy atom. The van der Waals surface area contributed by atoms with E-state index in [9.17, 15) is 4.79 Å². The molecular weight excluding hydrogens is 490 g/mol. The van der Waals surface area contributed by atoms with E-state index in [1.165, 1.54) is 11.3 Å². The number of carbonyl (C=O) groups is 1. The van der Waals surface area contributed by atoms with Crippen LogP contribution in [0.15, 0.2) is 75.2 Å². The molecule has 1 amide bonds. The van der Waals surface area contributed by atoms with Gasteiger partial charge in [-0.2, -0.15) is 0 Å². The van der Waals surface area contributed by atoms with E-state index in [0.29, 0.717) is 16.9 Å². The fraction of sp³-hybridized carbons (Fsp3) is 0.100. The molecule has 0 aliphatic heterocycles. The van der Waals surface area contributed by atoms with Crippen molar-refractivity contribution in [2.45, 2.75) is 13.5 Å². The molecule has 4 nitrogen and oxygen atoms in total. The standard InChI is InChI=1S/C20H17Br2N3OS/c1-3-11-25-18(14-7-9-16(21)10-8-14)13(2)27-20(25)24-23-19(26)15-5-4-6-17(22)12-15/h3-10,12H,1,11H2,2H3,(H,23,26). The third-order valence-electron chi connectivity index (χ3n) is 3.85. The van der Waals surface area contributed by atoms with Crippen LogP contribution in [0.3, 0.4) is 0 Å². The van der Waals surface area contributed by atoms with Gasteiger partial charge in [-0.25, -0.2) is 5.43 Å². The normalized spacial score (nSPS) is 11.4. The summed E-state index contributed by atoms with van der Waals surface area (Å²) in [5, 5.41) is 4.36. The van der Waals surface area contributed by atoms with Gasteiger partial charge in [0.25, 0.3) is 5.91 Å². The first-order valence-electron chi connectivity index (χ1n) is 8.16. The predicted octanol–water partition coefficient (Wildman–Crippen LogP) is 5.48. The topological polar surface area (TPSA) is 46.4 Å². The summed E-state index contributed by atoms with van der Waals surface area (Å²) in [5.41, 5.74) is 5.36. The van der Waals surface area contributed by atoms with Crippen LogP contribution in [0.5, 0.6) is 0 Å². The van der Waals surface area contributed by atoms with Crippen molar-refractivity contribution in [3.05, 3.63) is 85.4 Å². The molecule has 0 aliphatic carbocycles. The minimum atomic E-state index is -0.252. The summed E-state index contributed by atoms with van der Waals surface area (Å²) < 4.78 is 3.93. The molecule has 0 atom stereocenters. The van der Waals surface area contributed by atoms with Gasteiger partial charge in [-0.1, -0.05) is 67.5 Å². The van der Waals surface area contributed by atoms with Crippen LogP contribution < -0.4 is 10.2 Å². The van der Waals surface area contributed by atoms with Crippen LogP contribution >= 0.6 is 43.2 Å². The lowest BCUT2D eigenvalue weighted by Gasteiger charge is -2.08. The Hall–Kier alpha value is -1.96. The van der Waals surface area contributed by atoms with E-state index in [-0.39, 0.29) is 5.91 Å². The van der Waals surface area contributed by atoms with Crippen LogP contribution in [0.2, 0.25) is 0 Å². The van der Waals surface area contributed by atoms with E-state index in [0.717, 1.165) is 25.1 Å². The Bertz CT molecular complexity index is 1050. The summed E-state index contributed by atoms with van der Waals surface area (Å²) in [6.45, 7) is 6.50. The summed E-state index contributed by atoms with van der Waals surface area (Å²) in [4.78, 5) is 14.2. The molecule has 3 rings (SSSR count). The Kier molecular flexibility index (Phi) is 6.46. The van der Waals surface area contributed by atoms with E-state index in [2.05, 4.69) is 72.6 Å². The van der Waals surface area contributed by atoms with E-state index < -0.39 is 0 Å². The minimum Gasteiger partial charge on any atom is -0.311 e. The van der Waals surface area contributed by atoms with Crippen LogP contribution in [0.4, 0.5) is 0 Å². The highest BCUT2D eigenvalue weighted by Crippen LogP contribution is 2.26. The highest BCUT2D eigenvalue weighted by atomic mass is 79.9. The minimum absolute atomic E-state index is 0.252. The molecule has 0 saturated heterocycles. The quantitative estimate of drug-likeness (QED) is 0.361. The van der Waals surface area contributed by atoms with Crippen LogP contribution in [-0.4, -0.2) is 10.5 Å². The number of benzene rings is 2. The van der Waals surface area contributed by atoms with Gasteiger partial charge < -0.3 is 4.57 Å². The van der Waals surface area contributed by atoms with Crippen LogP contribution in [-0.2, 0) is 6.54 Å². The number of rotatable bonds is 5. The maximum absolute atomic E-state index is 12.4. The molecule has 7 heteroatoms. The summed E-state index contributed by atoms with van der Waals surface area (Å²) in [7, 11) is 0. The van der Waals surface area contributed by atoms with Gasteiger partial charge in [-0.15, -0.1) is 11.7 Å². The van der Waals surface area contributed by atoms with Crippen LogP contribution in [0, 0.1) is 6.92 Å². The molecule has 1 heterocycles. The summed E-state index contributed by atoms with van der Waals surface area (Å²) in [6, 6.07) is 15.3. The molecule has 27 heavy (non-hydrogen) atoms. The smallest absolute Gasteiger partial charge is 0.271 e. The zero-order valence-electron chi connectivity index (χ0n) is 14.6. The lowest BCUT2D eigenvalue weighted by atomic mass is 10.1. The van der Waals surface area contributed by atoms with Crippen LogP contribution in [0.1, 0.15) is 15.2 Å². The lowest BCUT2D eigenvalue weighted by Crippen LogP contribution is -2.24. The molecule has 2 aromatic carbocycles. The molecule has 0 saturated carbocycles. The Labute approximate surface area is 178 Å². The van der Waals surface area contributed by atoms with Gasteiger partial charge >= 0.3 is 0 Å². The molecule has 0 radical (unpaired) electrons. The molecule has 3 aromatic rings. The SMILES string of the molecule is C=CCn1c(-c2ccc(Br)cc2)c(C)sc1=NNC(=O)c1cccc(Br)c1. The lowest BCUT2D eigenvalue weighted by molar-refractivity contribution is 0.0953. The number of aryl methyl sites for hydroxylation is 1. The fourth-order valence-electron chi connectivity index (χ4n) is 2.67. The Balaban J connectivity index is 1.99. The van der Waals surface area contributed by atoms with Gasteiger partial charge in [0.2, 0.25) is 4.80 Å². The zero-order chi connectivity index (χ0) is 19.4. The first-order chi connectivity index (χ1) is 13.0. The van der Waals surface area contributed by atoms with Crippen molar-refractivity contribution in [3.63, 3.8) is 0 Å². The number of halogens is 2. The van der Waals surface area contributed by atoms with Crippen molar-refractivity contribution >= 4 is 49.1 Å². The summed E-state index contributed by atoms with van der Waals surface area (Å²) in [6.07, 6.45) is 1.82. The molecule has 0 spiro atoms. The molecular formula is C20H17Br2N3OS. The van der Waals surface area contributed by atoms with Crippen LogP contribution in [0.25, 0.3) is 11.3 Å². The Morgan fingerprint density at radius 3 is 2.63 bits per heavy atom. The van der Waals surface area contributed by atoms with Crippen molar-refractivity contribution in [2.75, 3.05) is 0 Å². The number of nitrogens with one attached hydrogen (secondary N) is 1. The van der Waals surface area contributed by atoms with Gasteiger partial charge in [-0.05, 0) is 42.8 Å². The number of hydrogen-bond donors (Lipinski definition) is 1. The van der Waals surface area contributed by atoms with Gasteiger partial charge in [0.05, 0.1) is 5.69 Å². The highest BCUT2D eigenvalue weighted by Gasteiger charge is 2.13. The van der Waals surface area contributed by atoms with Crippen molar-refractivity contribution in [1.29, 1.82) is 0 Å². The first kappa shape index (κ1) is 19.8. The zero-order valence-corrected chi connectivity index (χ0v) is 18.6. The summed E-state index contributed by atoms with van der Waals surface area (Å²) >= 11 is 8.38. The van der Waals surface area contributed by atoms with Crippen molar-refractivity contribution in [1.82, 2.24) is 9.99 Å². The largest absolute Gasteiger partial charge is 0.311 e. The van der Waals surface area contributed by atoms with Crippen molar-refractivity contribution in [3.8, 4) is 11.3 Å². The van der Waals surface area contributed by atoms with Gasteiger partial charge in [0.15, 0.2) is 0 Å². The third-order valence-corrected chi connectivity index (χ3v) is 5.86. The number of carbonyl (C=O) groups excluding carboxylic acids is 1. The maximum atomic E-state index is 12.4. The molecule has 0 bridgehead atoms. The van der Waals surface area contributed by atoms with Crippen molar-refractivity contribution < 1.29 is 4.79 Å². The predicted molar refractivity (Wildman–Crippen MR) is 118 cm³/mol. The Morgan fingerprint density at radius 2 is 1.96 bits per heavy atom. The molecule has 0 unspecified atom stereocenters. The molecule has 1 aromatic heterocycles. The molecule has 0 aliphatic rings. The average molecular weight is 507 g/mol. The van der Waals surface area contributed by atoms with Gasteiger partial charge in [0.1, 0.15) is 0 Å². The second-order valence-electron chi connectivity index (χ2n) is 5.76.